The smallest absolute Gasteiger partial charge is 0.0359 e. The summed E-state index contributed by atoms with van der Waals surface area (Å²) in [5, 5.41) is 3.87. The van der Waals surface area contributed by atoms with Crippen LogP contribution in [0.2, 0.25) is 0 Å². The van der Waals surface area contributed by atoms with E-state index >= 15 is 0 Å². The molecule has 1 unspecified atom stereocenters. The van der Waals surface area contributed by atoms with E-state index in [0.717, 1.165) is 13.0 Å². The quantitative estimate of drug-likeness (QED) is 0.821. The fraction of sp³-hybridized carbons (Fsp3) is 0.684. The highest BCUT2D eigenvalue weighted by Crippen LogP contribution is 2.38. The van der Waals surface area contributed by atoms with E-state index in [1.54, 1.807) is 0 Å². The maximum Gasteiger partial charge on any atom is 0.0359 e. The molecule has 0 amide bonds. The van der Waals surface area contributed by atoms with Crippen molar-refractivity contribution in [2.24, 2.45) is 0 Å². The lowest BCUT2D eigenvalue weighted by Gasteiger charge is -2.44. The molecule has 0 aliphatic heterocycles. The van der Waals surface area contributed by atoms with Crippen LogP contribution in [0.15, 0.2) is 24.3 Å². The van der Waals surface area contributed by atoms with Crippen LogP contribution in [0.25, 0.3) is 0 Å². The summed E-state index contributed by atoms with van der Waals surface area (Å²) in [6.45, 7) is 5.62. The first kappa shape index (κ1) is 16.5. The van der Waals surface area contributed by atoms with E-state index in [4.69, 9.17) is 0 Å². The summed E-state index contributed by atoms with van der Waals surface area (Å²) in [5.41, 5.74) is 3.25. The molecule has 1 aliphatic carbocycles. The number of hydrogen-bond acceptors (Lipinski definition) is 2. The van der Waals surface area contributed by atoms with Gasteiger partial charge in [-0.2, -0.15) is 0 Å². The molecule has 0 saturated heterocycles. The molecule has 1 saturated carbocycles. The van der Waals surface area contributed by atoms with Crippen LogP contribution in [0.4, 0.5) is 0 Å². The molecule has 1 aliphatic rings. The highest BCUT2D eigenvalue weighted by Gasteiger charge is 2.42. The summed E-state index contributed by atoms with van der Waals surface area (Å²) in [6, 6.07) is 9.41. The molecule has 1 aromatic rings. The number of benzene rings is 1. The Morgan fingerprint density at radius 2 is 1.86 bits per heavy atom. The molecule has 1 atom stereocenters. The second-order valence-electron chi connectivity index (χ2n) is 6.84. The van der Waals surface area contributed by atoms with Crippen LogP contribution in [-0.2, 0) is 6.42 Å². The van der Waals surface area contributed by atoms with Gasteiger partial charge in [0.25, 0.3) is 0 Å². The van der Waals surface area contributed by atoms with Crippen molar-refractivity contribution in [3.63, 3.8) is 0 Å². The molecule has 0 aromatic heterocycles. The summed E-state index contributed by atoms with van der Waals surface area (Å²) >= 11 is 0. The maximum absolute atomic E-state index is 3.87. The molecule has 0 spiro atoms. The molecule has 2 heteroatoms. The van der Waals surface area contributed by atoms with Crippen LogP contribution < -0.4 is 5.32 Å². The van der Waals surface area contributed by atoms with Crippen LogP contribution in [0.5, 0.6) is 0 Å². The van der Waals surface area contributed by atoms with Crippen molar-refractivity contribution in [2.75, 3.05) is 20.6 Å². The number of likely N-dealkylation sites (N-methyl/N-ethyl adjacent to an activating group) is 1. The Morgan fingerprint density at radius 3 is 2.43 bits per heavy atom. The highest BCUT2D eigenvalue weighted by molar-refractivity contribution is 5.27. The fourth-order valence-electron chi connectivity index (χ4n) is 3.92. The van der Waals surface area contributed by atoms with Crippen LogP contribution in [-0.4, -0.2) is 37.1 Å². The average Bonchev–Trinajstić information content (AvgIpc) is 2.96. The van der Waals surface area contributed by atoms with Gasteiger partial charge in [0.1, 0.15) is 0 Å². The molecule has 2 nitrogen and oxygen atoms in total. The largest absolute Gasteiger partial charge is 0.312 e. The van der Waals surface area contributed by atoms with Gasteiger partial charge in [-0.05, 0) is 64.4 Å². The predicted molar refractivity (Wildman–Crippen MR) is 91.9 cm³/mol. The maximum atomic E-state index is 3.87. The normalized spacial score (nSPS) is 19.1. The molecule has 1 N–H and O–H groups in total. The van der Waals surface area contributed by atoms with E-state index in [1.807, 2.05) is 0 Å². The standard InChI is InChI=1S/C19H32N2/c1-5-14-20-18(15-17-11-7-6-10-16(17)2)19(21(3)4)12-8-9-13-19/h6-7,10-11,18,20H,5,8-9,12-15H2,1-4H3. The zero-order valence-electron chi connectivity index (χ0n) is 14.3. The second-order valence-corrected chi connectivity index (χ2v) is 6.84. The van der Waals surface area contributed by atoms with Gasteiger partial charge in [0.15, 0.2) is 0 Å². The summed E-state index contributed by atoms with van der Waals surface area (Å²) in [6.07, 6.45) is 7.74. The molecule has 1 aromatic carbocycles. The molecule has 2 rings (SSSR count). The summed E-state index contributed by atoms with van der Waals surface area (Å²) in [7, 11) is 4.54. The van der Waals surface area contributed by atoms with Crippen LogP contribution >= 0.6 is 0 Å². The van der Waals surface area contributed by atoms with Crippen molar-refractivity contribution >= 4 is 0 Å². The minimum absolute atomic E-state index is 0.331. The Hall–Kier alpha value is -0.860. The molecular formula is C19H32N2. The lowest BCUT2D eigenvalue weighted by molar-refractivity contribution is 0.104. The van der Waals surface area contributed by atoms with Gasteiger partial charge in [-0.15, -0.1) is 0 Å². The minimum Gasteiger partial charge on any atom is -0.312 e. The first-order valence-corrected chi connectivity index (χ1v) is 8.55. The van der Waals surface area contributed by atoms with Gasteiger partial charge >= 0.3 is 0 Å². The lowest BCUT2D eigenvalue weighted by atomic mass is 9.82. The SMILES string of the molecule is CCCNC(Cc1ccccc1C)C1(N(C)C)CCCC1. The van der Waals surface area contributed by atoms with Gasteiger partial charge in [0, 0.05) is 11.6 Å². The van der Waals surface area contributed by atoms with Gasteiger partial charge < -0.3 is 10.2 Å². The third kappa shape index (κ3) is 3.67. The van der Waals surface area contributed by atoms with Gasteiger partial charge in [0.2, 0.25) is 0 Å². The van der Waals surface area contributed by atoms with Crippen molar-refractivity contribution < 1.29 is 0 Å². The topological polar surface area (TPSA) is 15.3 Å². The lowest BCUT2D eigenvalue weighted by Crippen LogP contribution is -2.58. The van der Waals surface area contributed by atoms with Crippen LogP contribution in [0.1, 0.15) is 50.2 Å². The first-order chi connectivity index (χ1) is 10.1. The Morgan fingerprint density at radius 1 is 1.19 bits per heavy atom. The number of nitrogens with zero attached hydrogens (tertiary/aromatic N) is 1. The van der Waals surface area contributed by atoms with E-state index in [1.165, 1.54) is 43.2 Å². The Kier molecular flexibility index (Phi) is 5.83. The molecular weight excluding hydrogens is 256 g/mol. The average molecular weight is 288 g/mol. The van der Waals surface area contributed by atoms with E-state index in [-0.39, 0.29) is 0 Å². The fourth-order valence-corrected chi connectivity index (χ4v) is 3.92. The third-order valence-electron chi connectivity index (χ3n) is 5.33. The molecule has 0 bridgehead atoms. The van der Waals surface area contributed by atoms with Crippen LogP contribution in [0.3, 0.4) is 0 Å². The second kappa shape index (κ2) is 7.42. The Bertz CT molecular complexity index is 433. The van der Waals surface area contributed by atoms with E-state index < -0.39 is 0 Å². The van der Waals surface area contributed by atoms with Gasteiger partial charge in [-0.3, -0.25) is 0 Å². The number of nitrogens with one attached hydrogen (secondary N) is 1. The molecule has 21 heavy (non-hydrogen) atoms. The van der Waals surface area contributed by atoms with E-state index in [2.05, 4.69) is 62.4 Å². The van der Waals surface area contributed by atoms with Crippen molar-refractivity contribution in [3.8, 4) is 0 Å². The summed E-state index contributed by atoms with van der Waals surface area (Å²) in [5.74, 6) is 0. The zero-order valence-corrected chi connectivity index (χ0v) is 14.3. The van der Waals surface area contributed by atoms with Gasteiger partial charge in [-0.1, -0.05) is 44.0 Å². The van der Waals surface area contributed by atoms with Crippen molar-refractivity contribution in [2.45, 2.75) is 64.0 Å². The predicted octanol–water partition coefficient (Wildman–Crippen LogP) is 3.78. The Labute approximate surface area is 130 Å². The number of rotatable bonds is 7. The van der Waals surface area contributed by atoms with Gasteiger partial charge in [0.05, 0.1) is 0 Å². The number of aryl methyl sites for hydroxylation is 1. The molecule has 118 valence electrons. The minimum atomic E-state index is 0.331. The van der Waals surface area contributed by atoms with E-state index in [9.17, 15) is 0 Å². The summed E-state index contributed by atoms with van der Waals surface area (Å²) < 4.78 is 0. The molecule has 0 radical (unpaired) electrons. The summed E-state index contributed by atoms with van der Waals surface area (Å²) in [4.78, 5) is 2.49. The Balaban J connectivity index is 2.23. The number of hydrogen-bond donors (Lipinski definition) is 1. The van der Waals surface area contributed by atoms with Crippen molar-refractivity contribution in [1.29, 1.82) is 0 Å². The van der Waals surface area contributed by atoms with Gasteiger partial charge in [-0.25, -0.2) is 0 Å². The highest BCUT2D eigenvalue weighted by atomic mass is 15.2. The monoisotopic (exact) mass is 288 g/mol. The molecule has 0 heterocycles. The first-order valence-electron chi connectivity index (χ1n) is 8.55. The third-order valence-corrected chi connectivity index (χ3v) is 5.33. The van der Waals surface area contributed by atoms with E-state index in [0.29, 0.717) is 11.6 Å². The molecule has 1 fully saturated rings. The van der Waals surface area contributed by atoms with Crippen LogP contribution in [0, 0.1) is 6.92 Å². The zero-order chi connectivity index (χ0) is 15.3. The van der Waals surface area contributed by atoms with Crippen molar-refractivity contribution in [1.82, 2.24) is 10.2 Å². The van der Waals surface area contributed by atoms with Crippen molar-refractivity contribution in [3.05, 3.63) is 35.4 Å².